The Bertz CT molecular complexity index is 939. The van der Waals surface area contributed by atoms with Crippen LogP contribution < -0.4 is 15.4 Å². The number of methoxy groups -OCH3 is 1. The van der Waals surface area contributed by atoms with E-state index in [9.17, 15) is 4.79 Å². The average Bonchev–Trinajstić information content (AvgIpc) is 2.84. The van der Waals surface area contributed by atoms with E-state index in [1.807, 2.05) is 54.6 Å². The molecule has 2 N–H and O–H groups in total. The van der Waals surface area contributed by atoms with Crippen LogP contribution in [0.5, 0.6) is 5.75 Å². The molecule has 1 heterocycles. The van der Waals surface area contributed by atoms with Crippen LogP contribution in [0.15, 0.2) is 84.9 Å². The molecular weight excluding hydrogens is 386 g/mol. The summed E-state index contributed by atoms with van der Waals surface area (Å²) in [6.45, 7) is 2.78. The van der Waals surface area contributed by atoms with Gasteiger partial charge < -0.3 is 15.4 Å². The third-order valence-electron chi connectivity index (χ3n) is 5.77. The number of ether oxygens (including phenoxy) is 1. The molecule has 160 valence electrons. The highest BCUT2D eigenvalue weighted by atomic mass is 16.5. The lowest BCUT2D eigenvalue weighted by atomic mass is 9.98. The van der Waals surface area contributed by atoms with Crippen molar-refractivity contribution in [1.29, 1.82) is 0 Å². The molecule has 1 fully saturated rings. The zero-order valence-electron chi connectivity index (χ0n) is 17.8. The Kier molecular flexibility index (Phi) is 6.97. The minimum atomic E-state index is -0.178. The smallest absolute Gasteiger partial charge is 0.234 e. The summed E-state index contributed by atoms with van der Waals surface area (Å²) in [5, 5.41) is 6.72. The van der Waals surface area contributed by atoms with Crippen LogP contribution in [-0.2, 0) is 4.79 Å². The van der Waals surface area contributed by atoms with Crippen molar-refractivity contribution >= 4 is 5.91 Å². The Morgan fingerprint density at radius 3 is 2.26 bits per heavy atom. The summed E-state index contributed by atoms with van der Waals surface area (Å²) in [7, 11) is 1.69. The molecule has 3 aromatic rings. The highest BCUT2D eigenvalue weighted by Crippen LogP contribution is 2.30. The van der Waals surface area contributed by atoms with Gasteiger partial charge in [0.1, 0.15) is 5.75 Å². The summed E-state index contributed by atoms with van der Waals surface area (Å²) < 4.78 is 5.58. The number of carbonyl (C=O) groups excluding carboxylic acids is 1. The number of para-hydroxylation sites is 1. The summed E-state index contributed by atoms with van der Waals surface area (Å²) in [6.07, 6.45) is 0. The van der Waals surface area contributed by atoms with E-state index >= 15 is 0 Å². The summed E-state index contributed by atoms with van der Waals surface area (Å²) in [5.41, 5.74) is 3.25. The van der Waals surface area contributed by atoms with Crippen molar-refractivity contribution in [2.24, 2.45) is 0 Å². The summed E-state index contributed by atoms with van der Waals surface area (Å²) in [6, 6.07) is 28.2. The molecule has 1 unspecified atom stereocenters. The number of rotatable bonds is 7. The lowest BCUT2D eigenvalue weighted by Crippen LogP contribution is -2.50. The Balaban J connectivity index is 1.52. The summed E-state index contributed by atoms with van der Waals surface area (Å²) >= 11 is 0. The van der Waals surface area contributed by atoms with E-state index in [-0.39, 0.29) is 18.0 Å². The third kappa shape index (κ3) is 5.13. The predicted molar refractivity (Wildman–Crippen MR) is 123 cm³/mol. The zero-order chi connectivity index (χ0) is 21.5. The van der Waals surface area contributed by atoms with E-state index in [2.05, 4.69) is 45.9 Å². The Morgan fingerprint density at radius 1 is 1.00 bits per heavy atom. The predicted octanol–water partition coefficient (Wildman–Crippen LogP) is 3.55. The summed E-state index contributed by atoms with van der Waals surface area (Å²) in [5.74, 6) is 0.868. The van der Waals surface area contributed by atoms with Crippen molar-refractivity contribution in [1.82, 2.24) is 15.5 Å². The summed E-state index contributed by atoms with van der Waals surface area (Å²) in [4.78, 5) is 15.4. The van der Waals surface area contributed by atoms with Crippen molar-refractivity contribution in [3.63, 3.8) is 0 Å². The van der Waals surface area contributed by atoms with E-state index in [4.69, 9.17) is 4.74 Å². The first-order valence-electron chi connectivity index (χ1n) is 10.7. The molecule has 1 atom stereocenters. The van der Waals surface area contributed by atoms with Gasteiger partial charge >= 0.3 is 0 Å². The Morgan fingerprint density at radius 2 is 1.61 bits per heavy atom. The Labute approximate surface area is 184 Å². The quantitative estimate of drug-likeness (QED) is 0.620. The molecule has 5 nitrogen and oxygen atoms in total. The number of nitrogens with one attached hydrogen (secondary N) is 2. The normalized spacial score (nSPS) is 16.8. The number of amides is 1. The van der Waals surface area contributed by atoms with Gasteiger partial charge in [-0.15, -0.1) is 0 Å². The second-order valence-corrected chi connectivity index (χ2v) is 7.75. The molecule has 1 aliphatic rings. The fourth-order valence-corrected chi connectivity index (χ4v) is 4.23. The highest BCUT2D eigenvalue weighted by Gasteiger charge is 2.28. The van der Waals surface area contributed by atoms with Gasteiger partial charge in [-0.3, -0.25) is 9.69 Å². The fraction of sp³-hybridized carbons (Fsp3) is 0.269. The minimum absolute atomic E-state index is 0.0134. The van der Waals surface area contributed by atoms with Crippen LogP contribution in [-0.4, -0.2) is 44.1 Å². The molecule has 1 aliphatic heterocycles. The van der Waals surface area contributed by atoms with Crippen LogP contribution in [0.2, 0.25) is 0 Å². The maximum Gasteiger partial charge on any atom is 0.234 e. The first-order chi connectivity index (χ1) is 15.3. The number of nitrogens with zero attached hydrogens (tertiary/aromatic N) is 1. The molecule has 1 saturated heterocycles. The first kappa shape index (κ1) is 21.1. The molecule has 0 aromatic heterocycles. The number of hydrogen-bond acceptors (Lipinski definition) is 4. The standard InChI is InChI=1S/C26H29N3O2/c1-31-24-15-9-8-14-22(24)23-18-27-16-17-29(23)19-25(30)28-26(20-10-4-2-5-11-20)21-12-6-3-7-13-21/h2-15,23,26-27H,16-19H2,1H3,(H,28,30). The maximum absolute atomic E-state index is 13.2. The molecule has 5 heteroatoms. The van der Waals surface area contributed by atoms with Crippen molar-refractivity contribution < 1.29 is 9.53 Å². The number of hydrogen-bond donors (Lipinski definition) is 2. The second kappa shape index (κ2) is 10.2. The van der Waals surface area contributed by atoms with Crippen molar-refractivity contribution in [3.05, 3.63) is 102 Å². The molecule has 0 bridgehead atoms. The van der Waals surface area contributed by atoms with Gasteiger partial charge in [-0.05, 0) is 17.2 Å². The van der Waals surface area contributed by atoms with Gasteiger partial charge in [-0.1, -0.05) is 78.9 Å². The van der Waals surface area contributed by atoms with Crippen molar-refractivity contribution in [2.75, 3.05) is 33.3 Å². The van der Waals surface area contributed by atoms with Crippen molar-refractivity contribution in [2.45, 2.75) is 12.1 Å². The van der Waals surface area contributed by atoms with Gasteiger partial charge in [0, 0.05) is 25.2 Å². The highest BCUT2D eigenvalue weighted by molar-refractivity contribution is 5.79. The van der Waals surface area contributed by atoms with Crippen LogP contribution in [0.25, 0.3) is 0 Å². The molecule has 3 aromatic carbocycles. The molecule has 31 heavy (non-hydrogen) atoms. The molecule has 1 amide bonds. The van der Waals surface area contributed by atoms with E-state index < -0.39 is 0 Å². The number of piperazine rings is 1. The van der Waals surface area contributed by atoms with Crippen LogP contribution in [0.1, 0.15) is 28.8 Å². The molecule has 0 aliphatic carbocycles. The molecule has 0 saturated carbocycles. The minimum Gasteiger partial charge on any atom is -0.496 e. The molecule has 0 radical (unpaired) electrons. The lowest BCUT2D eigenvalue weighted by molar-refractivity contribution is -0.123. The van der Waals surface area contributed by atoms with Gasteiger partial charge in [0.2, 0.25) is 5.91 Å². The maximum atomic E-state index is 13.2. The van der Waals surface area contributed by atoms with E-state index in [0.717, 1.165) is 42.1 Å². The van der Waals surface area contributed by atoms with Gasteiger partial charge in [-0.2, -0.15) is 0 Å². The molecular formula is C26H29N3O2. The lowest BCUT2D eigenvalue weighted by Gasteiger charge is -2.36. The largest absolute Gasteiger partial charge is 0.496 e. The number of carbonyl (C=O) groups is 1. The van der Waals surface area contributed by atoms with E-state index in [1.54, 1.807) is 7.11 Å². The SMILES string of the molecule is COc1ccccc1C1CNCCN1CC(=O)NC(c1ccccc1)c1ccccc1. The van der Waals surface area contributed by atoms with Crippen LogP contribution in [0.3, 0.4) is 0 Å². The van der Waals surface area contributed by atoms with Gasteiger partial charge in [0.05, 0.1) is 25.7 Å². The van der Waals surface area contributed by atoms with Gasteiger partial charge in [0.15, 0.2) is 0 Å². The van der Waals surface area contributed by atoms with E-state index in [0.29, 0.717) is 6.54 Å². The fourth-order valence-electron chi connectivity index (χ4n) is 4.23. The monoisotopic (exact) mass is 415 g/mol. The Hall–Kier alpha value is -3.15. The van der Waals surface area contributed by atoms with E-state index in [1.165, 1.54) is 0 Å². The molecule has 4 rings (SSSR count). The van der Waals surface area contributed by atoms with Crippen molar-refractivity contribution in [3.8, 4) is 5.75 Å². The van der Waals surface area contributed by atoms with Gasteiger partial charge in [-0.25, -0.2) is 0 Å². The first-order valence-corrected chi connectivity index (χ1v) is 10.7. The van der Waals surface area contributed by atoms with Crippen LogP contribution in [0.4, 0.5) is 0 Å². The van der Waals surface area contributed by atoms with Gasteiger partial charge in [0.25, 0.3) is 0 Å². The number of benzene rings is 3. The zero-order valence-corrected chi connectivity index (χ0v) is 17.8. The molecule has 0 spiro atoms. The second-order valence-electron chi connectivity index (χ2n) is 7.75. The topological polar surface area (TPSA) is 53.6 Å². The third-order valence-corrected chi connectivity index (χ3v) is 5.77. The van der Waals surface area contributed by atoms with Crippen LogP contribution >= 0.6 is 0 Å². The average molecular weight is 416 g/mol. The van der Waals surface area contributed by atoms with Crippen LogP contribution in [0, 0.1) is 0 Å².